The molecule has 130 valence electrons. The van der Waals surface area contributed by atoms with Crippen molar-refractivity contribution in [2.24, 2.45) is 0 Å². The fourth-order valence-electron chi connectivity index (χ4n) is 3.08. The maximum atomic E-state index is 5.80. The van der Waals surface area contributed by atoms with Gasteiger partial charge >= 0.3 is 0 Å². The van der Waals surface area contributed by atoms with Crippen molar-refractivity contribution < 1.29 is 0 Å². The van der Waals surface area contributed by atoms with Gasteiger partial charge in [0.25, 0.3) is 0 Å². The number of nitrogens with two attached hydrogens (primary N) is 1. The lowest BCUT2D eigenvalue weighted by Crippen LogP contribution is -1.98. The lowest BCUT2D eigenvalue weighted by atomic mass is 10.0. The van der Waals surface area contributed by atoms with E-state index >= 15 is 0 Å². The first-order valence-corrected chi connectivity index (χ1v) is 9.30. The lowest BCUT2D eigenvalue weighted by molar-refractivity contribution is 1.10. The number of thiophene rings is 1. The van der Waals surface area contributed by atoms with E-state index in [-0.39, 0.29) is 0 Å². The predicted molar refractivity (Wildman–Crippen MR) is 111 cm³/mol. The molecule has 2 aromatic heterocycles. The predicted octanol–water partition coefficient (Wildman–Crippen LogP) is 5.61. The SMILES string of the molecule is Cc1ccc(-c2c(C)sc3nc(C)nc(Nc4ccc(N)cc4)c23)cc1. The van der Waals surface area contributed by atoms with E-state index < -0.39 is 0 Å². The average molecular weight is 360 g/mol. The second-order valence-electron chi connectivity index (χ2n) is 6.45. The van der Waals surface area contributed by atoms with Crippen molar-refractivity contribution in [3.05, 3.63) is 64.8 Å². The van der Waals surface area contributed by atoms with Crippen LogP contribution in [0, 0.1) is 20.8 Å². The highest BCUT2D eigenvalue weighted by Gasteiger charge is 2.18. The van der Waals surface area contributed by atoms with Crippen LogP contribution in [0.25, 0.3) is 21.3 Å². The standard InChI is InChI=1S/C21H20N4S/c1-12-4-6-15(7-5-12)18-13(2)26-21-19(18)20(23-14(3)24-21)25-17-10-8-16(22)9-11-17/h4-11H,22H2,1-3H3,(H,23,24,25). The molecule has 5 heteroatoms. The molecule has 0 aliphatic heterocycles. The fraction of sp³-hybridized carbons (Fsp3) is 0.143. The number of hydrogen-bond donors (Lipinski definition) is 2. The van der Waals surface area contributed by atoms with Crippen LogP contribution in [-0.4, -0.2) is 9.97 Å². The van der Waals surface area contributed by atoms with Gasteiger partial charge in [-0.05, 0) is 50.6 Å². The van der Waals surface area contributed by atoms with Crippen molar-refractivity contribution in [3.63, 3.8) is 0 Å². The fourth-order valence-corrected chi connectivity index (χ4v) is 4.17. The first-order chi connectivity index (χ1) is 12.5. The Bertz CT molecular complexity index is 1080. The van der Waals surface area contributed by atoms with E-state index in [9.17, 15) is 0 Å². The first kappa shape index (κ1) is 16.5. The summed E-state index contributed by atoms with van der Waals surface area (Å²) >= 11 is 1.71. The maximum absolute atomic E-state index is 5.80. The van der Waals surface area contributed by atoms with Crippen molar-refractivity contribution in [1.82, 2.24) is 9.97 Å². The molecule has 4 nitrogen and oxygen atoms in total. The van der Waals surface area contributed by atoms with Crippen molar-refractivity contribution in [3.8, 4) is 11.1 Å². The molecule has 2 heterocycles. The molecule has 0 saturated carbocycles. The molecule has 0 fully saturated rings. The van der Waals surface area contributed by atoms with Gasteiger partial charge in [-0.3, -0.25) is 0 Å². The third kappa shape index (κ3) is 3.02. The van der Waals surface area contributed by atoms with Gasteiger partial charge in [0, 0.05) is 21.8 Å². The molecule has 2 aromatic carbocycles. The number of nitrogen functional groups attached to an aromatic ring is 1. The highest BCUT2D eigenvalue weighted by Crippen LogP contribution is 2.41. The molecule has 26 heavy (non-hydrogen) atoms. The Balaban J connectivity index is 1.91. The molecule has 0 amide bonds. The monoisotopic (exact) mass is 360 g/mol. The first-order valence-electron chi connectivity index (χ1n) is 8.48. The smallest absolute Gasteiger partial charge is 0.143 e. The van der Waals surface area contributed by atoms with Gasteiger partial charge in [0.2, 0.25) is 0 Å². The van der Waals surface area contributed by atoms with Crippen LogP contribution < -0.4 is 11.1 Å². The van der Waals surface area contributed by atoms with E-state index in [1.54, 1.807) is 11.3 Å². The number of fused-ring (bicyclic) bond motifs is 1. The molecular formula is C21H20N4S. The quantitative estimate of drug-likeness (QED) is 0.466. The van der Waals surface area contributed by atoms with Crippen molar-refractivity contribution in [2.45, 2.75) is 20.8 Å². The summed E-state index contributed by atoms with van der Waals surface area (Å²) in [4.78, 5) is 11.6. The van der Waals surface area contributed by atoms with Crippen LogP contribution in [-0.2, 0) is 0 Å². The highest BCUT2D eigenvalue weighted by molar-refractivity contribution is 7.19. The molecule has 4 rings (SSSR count). The Hall–Kier alpha value is -2.92. The third-order valence-corrected chi connectivity index (χ3v) is 5.35. The Kier molecular flexibility index (Phi) is 4.09. The molecule has 0 radical (unpaired) electrons. The van der Waals surface area contributed by atoms with E-state index in [4.69, 9.17) is 5.73 Å². The average Bonchev–Trinajstić information content (AvgIpc) is 2.93. The maximum Gasteiger partial charge on any atom is 0.143 e. The highest BCUT2D eigenvalue weighted by atomic mass is 32.1. The van der Waals surface area contributed by atoms with E-state index in [1.807, 2.05) is 31.2 Å². The Morgan fingerprint density at radius 3 is 2.27 bits per heavy atom. The second kappa shape index (κ2) is 6.42. The number of anilines is 3. The van der Waals surface area contributed by atoms with Gasteiger partial charge in [0.1, 0.15) is 16.5 Å². The summed E-state index contributed by atoms with van der Waals surface area (Å²) in [5.74, 6) is 1.59. The topological polar surface area (TPSA) is 63.8 Å². The minimum absolute atomic E-state index is 0.742. The van der Waals surface area contributed by atoms with Gasteiger partial charge < -0.3 is 11.1 Å². The number of hydrogen-bond acceptors (Lipinski definition) is 5. The zero-order chi connectivity index (χ0) is 18.3. The summed E-state index contributed by atoms with van der Waals surface area (Å²) in [6, 6.07) is 16.3. The molecular weight excluding hydrogens is 340 g/mol. The van der Waals surface area contributed by atoms with Crippen LogP contribution in [0.15, 0.2) is 48.5 Å². The van der Waals surface area contributed by atoms with Crippen molar-refractivity contribution in [2.75, 3.05) is 11.1 Å². The van der Waals surface area contributed by atoms with E-state index in [2.05, 4.69) is 53.4 Å². The normalized spacial score (nSPS) is 11.0. The van der Waals surface area contributed by atoms with Crippen molar-refractivity contribution in [1.29, 1.82) is 0 Å². The van der Waals surface area contributed by atoms with Crippen LogP contribution in [0.3, 0.4) is 0 Å². The number of nitrogens with one attached hydrogen (secondary N) is 1. The van der Waals surface area contributed by atoms with Crippen LogP contribution in [0.5, 0.6) is 0 Å². The van der Waals surface area contributed by atoms with Crippen LogP contribution in [0.2, 0.25) is 0 Å². The largest absolute Gasteiger partial charge is 0.399 e. The number of rotatable bonds is 3. The zero-order valence-electron chi connectivity index (χ0n) is 15.0. The number of nitrogens with zero attached hydrogens (tertiary/aromatic N) is 2. The summed E-state index contributed by atoms with van der Waals surface area (Å²) in [6.45, 7) is 6.17. The molecule has 3 N–H and O–H groups in total. The van der Waals surface area contributed by atoms with Gasteiger partial charge in [-0.25, -0.2) is 9.97 Å². The van der Waals surface area contributed by atoms with Gasteiger partial charge in [-0.1, -0.05) is 29.8 Å². The Morgan fingerprint density at radius 2 is 1.58 bits per heavy atom. The van der Waals surface area contributed by atoms with E-state index in [0.29, 0.717) is 0 Å². The molecule has 0 unspecified atom stereocenters. The lowest BCUT2D eigenvalue weighted by Gasteiger charge is -2.10. The minimum Gasteiger partial charge on any atom is -0.399 e. The number of benzene rings is 2. The molecule has 4 aromatic rings. The Morgan fingerprint density at radius 1 is 0.885 bits per heavy atom. The van der Waals surface area contributed by atoms with Gasteiger partial charge in [0.15, 0.2) is 0 Å². The van der Waals surface area contributed by atoms with Crippen LogP contribution >= 0.6 is 11.3 Å². The summed E-state index contributed by atoms with van der Waals surface area (Å²) in [7, 11) is 0. The summed E-state index contributed by atoms with van der Waals surface area (Å²) in [5.41, 5.74) is 11.1. The number of aryl methyl sites for hydroxylation is 3. The van der Waals surface area contributed by atoms with E-state index in [1.165, 1.54) is 21.6 Å². The third-order valence-electron chi connectivity index (χ3n) is 4.35. The summed E-state index contributed by atoms with van der Waals surface area (Å²) in [6.07, 6.45) is 0. The van der Waals surface area contributed by atoms with Crippen molar-refractivity contribution >= 4 is 38.7 Å². The van der Waals surface area contributed by atoms with Gasteiger partial charge in [0.05, 0.1) is 5.39 Å². The molecule has 0 spiro atoms. The number of aromatic nitrogens is 2. The van der Waals surface area contributed by atoms with Gasteiger partial charge in [-0.15, -0.1) is 11.3 Å². The summed E-state index contributed by atoms with van der Waals surface area (Å²) < 4.78 is 0. The molecule has 0 aliphatic carbocycles. The molecule has 0 bridgehead atoms. The van der Waals surface area contributed by atoms with Crippen LogP contribution in [0.4, 0.5) is 17.2 Å². The van der Waals surface area contributed by atoms with E-state index in [0.717, 1.165) is 33.2 Å². The summed E-state index contributed by atoms with van der Waals surface area (Å²) in [5, 5.41) is 4.52. The second-order valence-corrected chi connectivity index (χ2v) is 7.65. The Labute approximate surface area is 156 Å². The van der Waals surface area contributed by atoms with Crippen LogP contribution in [0.1, 0.15) is 16.3 Å². The zero-order valence-corrected chi connectivity index (χ0v) is 15.8. The molecule has 0 saturated heterocycles. The minimum atomic E-state index is 0.742. The molecule has 0 aliphatic rings. The van der Waals surface area contributed by atoms with Gasteiger partial charge in [-0.2, -0.15) is 0 Å². The molecule has 0 atom stereocenters.